The predicted molar refractivity (Wildman–Crippen MR) is 140 cm³/mol. The second kappa shape index (κ2) is 13.4. The summed E-state index contributed by atoms with van der Waals surface area (Å²) in [6.07, 6.45) is 4.58. The lowest BCUT2D eigenvalue weighted by Gasteiger charge is -2.13. The summed E-state index contributed by atoms with van der Waals surface area (Å²) < 4.78 is 10.7. The van der Waals surface area contributed by atoms with Crippen molar-refractivity contribution in [2.24, 2.45) is 0 Å². The fourth-order valence-electron chi connectivity index (χ4n) is 3.68. The lowest BCUT2D eigenvalue weighted by atomic mass is 9.98. The normalized spacial score (nSPS) is 10.6. The van der Waals surface area contributed by atoms with Gasteiger partial charge in [0, 0.05) is 5.56 Å². The maximum Gasteiger partial charge on any atom is 0.341 e. The molecule has 0 bridgehead atoms. The molecule has 3 rings (SSSR count). The average molecular weight is 489 g/mol. The number of carbonyl (C=O) groups excluding carboxylic acids is 2. The first kappa shape index (κ1) is 26.9. The van der Waals surface area contributed by atoms with E-state index < -0.39 is 18.5 Å². The van der Waals surface area contributed by atoms with E-state index in [1.54, 1.807) is 6.07 Å². The number of hydrogen-bond acceptors (Lipinski definition) is 6. The molecule has 0 atom stereocenters. The number of esters is 2. The minimum absolute atomic E-state index is 0.0760. The molecule has 0 radical (unpaired) electrons. The Hall–Kier alpha value is -3.74. The molecule has 6 nitrogen and oxygen atoms in total. The van der Waals surface area contributed by atoms with Crippen molar-refractivity contribution in [3.63, 3.8) is 0 Å². The molecule has 0 aliphatic carbocycles. The lowest BCUT2D eigenvalue weighted by Crippen LogP contribution is -2.14. The number of ether oxygens (including phenoxy) is 2. The van der Waals surface area contributed by atoms with Crippen LogP contribution in [-0.2, 0) is 16.0 Å². The topological polar surface area (TPSA) is 93.1 Å². The quantitative estimate of drug-likeness (QED) is 0.151. The van der Waals surface area contributed by atoms with Gasteiger partial charge in [-0.1, -0.05) is 74.9 Å². The van der Waals surface area contributed by atoms with Gasteiger partial charge in [0.2, 0.25) is 0 Å². The number of unbranched alkanes of at least 4 members (excludes halogenated alkanes) is 2. The van der Waals surface area contributed by atoms with E-state index >= 15 is 0 Å². The molecule has 0 fully saturated rings. The third-order valence-electron chi connectivity index (χ3n) is 5.73. The van der Waals surface area contributed by atoms with Gasteiger partial charge < -0.3 is 19.7 Å². The van der Waals surface area contributed by atoms with Crippen LogP contribution in [0.25, 0.3) is 22.3 Å². The van der Waals surface area contributed by atoms with Crippen LogP contribution in [0.4, 0.5) is 0 Å². The van der Waals surface area contributed by atoms with E-state index in [1.807, 2.05) is 24.3 Å². The van der Waals surface area contributed by atoms with Crippen LogP contribution in [0.5, 0.6) is 11.5 Å². The third-order valence-corrected chi connectivity index (χ3v) is 5.73. The maximum absolute atomic E-state index is 12.2. The number of carbonyl (C=O) groups is 2. The van der Waals surface area contributed by atoms with Crippen LogP contribution in [0, 0.1) is 0 Å². The molecular weight excluding hydrogens is 456 g/mol. The highest BCUT2D eigenvalue weighted by Gasteiger charge is 2.16. The van der Waals surface area contributed by atoms with Crippen molar-refractivity contribution in [1.82, 2.24) is 0 Å². The fourth-order valence-corrected chi connectivity index (χ4v) is 3.68. The minimum Gasteiger partial charge on any atom is -0.426 e. The Kier molecular flexibility index (Phi) is 9.98. The van der Waals surface area contributed by atoms with Crippen LogP contribution in [0.1, 0.15) is 38.2 Å². The van der Waals surface area contributed by atoms with E-state index in [0.717, 1.165) is 23.1 Å². The van der Waals surface area contributed by atoms with Gasteiger partial charge in [0.1, 0.15) is 11.5 Å². The van der Waals surface area contributed by atoms with Crippen molar-refractivity contribution in [2.75, 3.05) is 13.2 Å². The van der Waals surface area contributed by atoms with Crippen molar-refractivity contribution in [1.29, 1.82) is 0 Å². The molecule has 0 heterocycles. The van der Waals surface area contributed by atoms with Crippen LogP contribution < -0.4 is 9.47 Å². The molecule has 0 aliphatic rings. The first-order chi connectivity index (χ1) is 17.4. The Balaban J connectivity index is 1.87. The summed E-state index contributed by atoms with van der Waals surface area (Å²) in [7, 11) is 0. The first-order valence-electron chi connectivity index (χ1n) is 12.1. The monoisotopic (exact) mass is 488 g/mol. The van der Waals surface area contributed by atoms with E-state index in [9.17, 15) is 14.7 Å². The zero-order valence-corrected chi connectivity index (χ0v) is 20.5. The highest BCUT2D eigenvalue weighted by Crippen LogP contribution is 2.35. The SMILES string of the molecule is C=C(CO)C(=O)Oc1ccc(OC(=O)CCO)cc1-c1ccc(-c2ccc(CCCCC)cc2)cc1. The van der Waals surface area contributed by atoms with Gasteiger partial charge in [-0.3, -0.25) is 4.79 Å². The van der Waals surface area contributed by atoms with Gasteiger partial charge in [-0.2, -0.15) is 0 Å². The molecule has 0 aliphatic heterocycles. The van der Waals surface area contributed by atoms with Crippen molar-refractivity contribution < 1.29 is 29.3 Å². The van der Waals surface area contributed by atoms with Gasteiger partial charge >= 0.3 is 11.9 Å². The summed E-state index contributed by atoms with van der Waals surface area (Å²) in [5.41, 5.74) is 4.66. The molecule has 0 aromatic heterocycles. The molecule has 3 aromatic rings. The van der Waals surface area contributed by atoms with Crippen LogP contribution in [0.2, 0.25) is 0 Å². The molecule has 36 heavy (non-hydrogen) atoms. The second-order valence-electron chi connectivity index (χ2n) is 8.49. The molecule has 6 heteroatoms. The Labute approximate surface area is 211 Å². The highest BCUT2D eigenvalue weighted by atomic mass is 16.5. The highest BCUT2D eigenvalue weighted by molar-refractivity contribution is 5.91. The van der Waals surface area contributed by atoms with Crippen molar-refractivity contribution >= 4 is 11.9 Å². The van der Waals surface area contributed by atoms with Crippen molar-refractivity contribution in [2.45, 2.75) is 39.0 Å². The van der Waals surface area contributed by atoms with E-state index in [0.29, 0.717) is 5.56 Å². The van der Waals surface area contributed by atoms with Crippen LogP contribution in [0.15, 0.2) is 78.9 Å². The fraction of sp³-hybridized carbons (Fsp3) is 0.267. The Morgan fingerprint density at radius 1 is 0.833 bits per heavy atom. The molecule has 0 unspecified atom stereocenters. The van der Waals surface area contributed by atoms with Crippen molar-refractivity contribution in [3.8, 4) is 33.8 Å². The average Bonchev–Trinajstić information content (AvgIpc) is 2.90. The largest absolute Gasteiger partial charge is 0.426 e. The Morgan fingerprint density at radius 2 is 1.47 bits per heavy atom. The molecule has 0 spiro atoms. The van der Waals surface area contributed by atoms with Crippen LogP contribution in [0.3, 0.4) is 0 Å². The van der Waals surface area contributed by atoms with Gasteiger partial charge in [-0.15, -0.1) is 0 Å². The van der Waals surface area contributed by atoms with Crippen LogP contribution in [-0.4, -0.2) is 35.4 Å². The van der Waals surface area contributed by atoms with E-state index in [2.05, 4.69) is 37.8 Å². The number of hydrogen-bond donors (Lipinski definition) is 2. The Morgan fingerprint density at radius 3 is 2.08 bits per heavy atom. The number of aliphatic hydroxyl groups is 2. The first-order valence-corrected chi connectivity index (χ1v) is 12.1. The molecule has 0 saturated heterocycles. The lowest BCUT2D eigenvalue weighted by molar-refractivity contribution is -0.135. The maximum atomic E-state index is 12.2. The Bertz CT molecular complexity index is 1180. The van der Waals surface area contributed by atoms with Crippen LogP contribution >= 0.6 is 0 Å². The second-order valence-corrected chi connectivity index (χ2v) is 8.49. The summed E-state index contributed by atoms with van der Waals surface area (Å²) in [5.74, 6) is -0.831. The van der Waals surface area contributed by atoms with Gasteiger partial charge in [0.15, 0.2) is 0 Å². The molecule has 2 N–H and O–H groups in total. The molecule has 3 aromatic carbocycles. The van der Waals surface area contributed by atoms with Gasteiger partial charge in [-0.05, 0) is 53.3 Å². The van der Waals surface area contributed by atoms with E-state index in [1.165, 1.54) is 37.0 Å². The van der Waals surface area contributed by atoms with Gasteiger partial charge in [0.05, 0.1) is 25.2 Å². The van der Waals surface area contributed by atoms with Gasteiger partial charge in [0.25, 0.3) is 0 Å². The summed E-state index contributed by atoms with van der Waals surface area (Å²) >= 11 is 0. The summed E-state index contributed by atoms with van der Waals surface area (Å²) in [6, 6.07) is 20.9. The minimum atomic E-state index is -0.751. The predicted octanol–water partition coefficient (Wildman–Crippen LogP) is 5.50. The van der Waals surface area contributed by atoms with E-state index in [-0.39, 0.29) is 30.1 Å². The third kappa shape index (κ3) is 7.38. The molecule has 188 valence electrons. The zero-order chi connectivity index (χ0) is 25.9. The van der Waals surface area contributed by atoms with E-state index in [4.69, 9.17) is 14.6 Å². The summed E-state index contributed by atoms with van der Waals surface area (Å²) in [4.78, 5) is 24.1. The van der Waals surface area contributed by atoms with Gasteiger partial charge in [-0.25, -0.2) is 4.79 Å². The standard InChI is InChI=1S/C30H32O6/c1-3-4-5-6-22-7-9-23(10-8-22)24-11-13-25(14-12-24)27-19-26(35-29(33)17-18-31)15-16-28(27)36-30(34)21(2)20-32/h7-16,19,31-32H,2-6,17-18,20H2,1H3. The number of rotatable bonds is 12. The summed E-state index contributed by atoms with van der Waals surface area (Å²) in [5, 5.41) is 18.2. The number of aryl methyl sites for hydroxylation is 1. The molecule has 0 amide bonds. The smallest absolute Gasteiger partial charge is 0.341 e. The summed E-state index contributed by atoms with van der Waals surface area (Å²) in [6.45, 7) is 4.87. The molecule has 0 saturated carbocycles. The number of benzene rings is 3. The molecular formula is C30H32O6. The number of aliphatic hydroxyl groups excluding tert-OH is 2. The van der Waals surface area contributed by atoms with Crippen molar-refractivity contribution in [3.05, 3.63) is 84.4 Å². The zero-order valence-electron chi connectivity index (χ0n) is 20.5.